The monoisotopic (exact) mass is 383 g/mol. The minimum atomic E-state index is -3.40. The van der Waals surface area contributed by atoms with Crippen molar-refractivity contribution in [3.05, 3.63) is 39.8 Å². The Hall–Kier alpha value is -1.84. The maximum Gasteiger partial charge on any atom is 0.251 e. The zero-order valence-electron chi connectivity index (χ0n) is 14.4. The van der Waals surface area contributed by atoms with E-state index in [0.717, 1.165) is 10.0 Å². The molecule has 1 heterocycles. The molecular weight excluding hydrogens is 362 g/mol. The summed E-state index contributed by atoms with van der Waals surface area (Å²) in [6.45, 7) is 4.48. The number of hydrogen-bond acceptors (Lipinski definition) is 7. The molecule has 7 nitrogen and oxygen atoms in total. The van der Waals surface area contributed by atoms with Crippen molar-refractivity contribution in [2.75, 3.05) is 19.5 Å². The van der Waals surface area contributed by atoms with Gasteiger partial charge in [0.2, 0.25) is 0 Å². The second-order valence-corrected chi connectivity index (χ2v) is 8.91. The molecule has 2 aromatic rings. The summed E-state index contributed by atoms with van der Waals surface area (Å²) < 4.78 is 28.9. The number of nitrogens with zero attached hydrogens (tertiary/aromatic N) is 2. The van der Waals surface area contributed by atoms with Crippen LogP contribution in [0.3, 0.4) is 0 Å². The topological polar surface area (TPSA) is 98.2 Å². The van der Waals surface area contributed by atoms with Gasteiger partial charge in [-0.05, 0) is 24.3 Å². The van der Waals surface area contributed by atoms with Crippen LogP contribution in [0.5, 0.6) is 0 Å². The van der Waals surface area contributed by atoms with Gasteiger partial charge >= 0.3 is 0 Å². The number of carbonyl (C=O) groups excluding carboxylic acids is 1. The number of amides is 1. The van der Waals surface area contributed by atoms with Crippen LogP contribution in [0.25, 0.3) is 0 Å². The van der Waals surface area contributed by atoms with E-state index in [-0.39, 0.29) is 29.7 Å². The SMILES string of the molecule is COCCS(=O)(=O)c1ccc(C(=O)NCc2nnc(C(C)C)s2)cc1. The third kappa shape index (κ3) is 5.32. The standard InChI is InChI=1S/C16H21N3O4S2/c1-11(2)16-19-18-14(24-16)10-17-15(20)12-4-6-13(7-5-12)25(21,22)9-8-23-3/h4-7,11H,8-10H2,1-3H3,(H,17,20). The normalized spacial score (nSPS) is 11.7. The largest absolute Gasteiger partial charge is 0.384 e. The zero-order valence-corrected chi connectivity index (χ0v) is 16.0. The van der Waals surface area contributed by atoms with Gasteiger partial charge in [-0.25, -0.2) is 8.42 Å². The van der Waals surface area contributed by atoms with Crippen molar-refractivity contribution in [3.8, 4) is 0 Å². The molecule has 0 fully saturated rings. The summed E-state index contributed by atoms with van der Waals surface area (Å²) in [6, 6.07) is 5.85. The molecule has 0 aliphatic rings. The Morgan fingerprint density at radius 2 is 1.92 bits per heavy atom. The highest BCUT2D eigenvalue weighted by molar-refractivity contribution is 7.91. The highest BCUT2D eigenvalue weighted by atomic mass is 32.2. The number of benzene rings is 1. The van der Waals surface area contributed by atoms with Crippen molar-refractivity contribution in [3.63, 3.8) is 0 Å². The van der Waals surface area contributed by atoms with Crippen molar-refractivity contribution >= 4 is 27.1 Å². The third-order valence-corrected chi connectivity index (χ3v) is 6.33. The summed E-state index contributed by atoms with van der Waals surface area (Å²) in [5, 5.41) is 12.5. The lowest BCUT2D eigenvalue weighted by Gasteiger charge is -2.06. The molecule has 2 rings (SSSR count). The molecular formula is C16H21N3O4S2. The Balaban J connectivity index is 1.98. The van der Waals surface area contributed by atoms with Crippen molar-refractivity contribution in [2.45, 2.75) is 31.2 Å². The van der Waals surface area contributed by atoms with Crippen LogP contribution in [-0.2, 0) is 21.1 Å². The lowest BCUT2D eigenvalue weighted by Crippen LogP contribution is -2.22. The second kappa shape index (κ2) is 8.50. The fourth-order valence-electron chi connectivity index (χ4n) is 1.95. The number of hydrogen-bond donors (Lipinski definition) is 1. The highest BCUT2D eigenvalue weighted by Gasteiger charge is 2.15. The Labute approximate surface area is 151 Å². The Kier molecular flexibility index (Phi) is 6.63. The molecule has 0 spiro atoms. The molecule has 0 atom stereocenters. The molecule has 0 saturated carbocycles. The van der Waals surface area contributed by atoms with E-state index in [2.05, 4.69) is 15.5 Å². The first-order valence-corrected chi connectivity index (χ1v) is 10.2. The van der Waals surface area contributed by atoms with E-state index in [9.17, 15) is 13.2 Å². The van der Waals surface area contributed by atoms with Crippen LogP contribution in [0.15, 0.2) is 29.2 Å². The molecule has 1 aromatic heterocycles. The van der Waals surface area contributed by atoms with Gasteiger partial charge in [-0.1, -0.05) is 25.2 Å². The lowest BCUT2D eigenvalue weighted by molar-refractivity contribution is 0.0950. The first-order valence-electron chi connectivity index (χ1n) is 7.75. The zero-order chi connectivity index (χ0) is 18.4. The minimum absolute atomic E-state index is 0.0930. The molecule has 25 heavy (non-hydrogen) atoms. The molecule has 0 saturated heterocycles. The number of carbonyl (C=O) groups is 1. The first kappa shape index (κ1) is 19.5. The number of aromatic nitrogens is 2. The minimum Gasteiger partial charge on any atom is -0.384 e. The summed E-state index contributed by atoms with van der Waals surface area (Å²) in [6.07, 6.45) is 0. The highest BCUT2D eigenvalue weighted by Crippen LogP contribution is 2.19. The van der Waals surface area contributed by atoms with Gasteiger partial charge in [0, 0.05) is 18.6 Å². The second-order valence-electron chi connectivity index (χ2n) is 5.71. The van der Waals surface area contributed by atoms with E-state index in [1.165, 1.54) is 42.7 Å². The molecule has 9 heteroatoms. The molecule has 1 amide bonds. The van der Waals surface area contributed by atoms with Crippen LogP contribution in [0.2, 0.25) is 0 Å². The molecule has 0 aliphatic carbocycles. The van der Waals surface area contributed by atoms with Crippen LogP contribution in [-0.4, -0.2) is 44.0 Å². The first-order chi connectivity index (χ1) is 11.8. The van der Waals surface area contributed by atoms with Gasteiger partial charge in [0.15, 0.2) is 9.84 Å². The van der Waals surface area contributed by atoms with Crippen LogP contribution in [0.1, 0.15) is 40.1 Å². The van der Waals surface area contributed by atoms with Crippen LogP contribution >= 0.6 is 11.3 Å². The molecule has 0 bridgehead atoms. The van der Waals surface area contributed by atoms with E-state index >= 15 is 0 Å². The molecule has 1 aromatic carbocycles. The Morgan fingerprint density at radius 1 is 1.24 bits per heavy atom. The van der Waals surface area contributed by atoms with Crippen molar-refractivity contribution in [1.82, 2.24) is 15.5 Å². The molecule has 0 aliphatic heterocycles. The van der Waals surface area contributed by atoms with Crippen molar-refractivity contribution in [1.29, 1.82) is 0 Å². The van der Waals surface area contributed by atoms with E-state index in [4.69, 9.17) is 4.74 Å². The fraction of sp³-hybridized carbons (Fsp3) is 0.438. The van der Waals surface area contributed by atoms with Gasteiger partial charge in [-0.15, -0.1) is 10.2 Å². The molecule has 0 unspecified atom stereocenters. The van der Waals surface area contributed by atoms with Crippen LogP contribution in [0, 0.1) is 0 Å². The third-order valence-electron chi connectivity index (χ3n) is 3.41. The van der Waals surface area contributed by atoms with Gasteiger partial charge in [-0.2, -0.15) is 0 Å². The van der Waals surface area contributed by atoms with Gasteiger partial charge in [-0.3, -0.25) is 4.79 Å². The summed E-state index contributed by atoms with van der Waals surface area (Å²) in [7, 11) is -1.95. The number of nitrogens with one attached hydrogen (secondary N) is 1. The maximum atomic E-state index is 12.2. The quantitative estimate of drug-likeness (QED) is 0.749. The van der Waals surface area contributed by atoms with E-state index in [0.29, 0.717) is 11.5 Å². The number of rotatable bonds is 8. The smallest absolute Gasteiger partial charge is 0.251 e. The van der Waals surface area contributed by atoms with E-state index in [1.54, 1.807) is 0 Å². The van der Waals surface area contributed by atoms with Gasteiger partial charge < -0.3 is 10.1 Å². The van der Waals surface area contributed by atoms with Crippen LogP contribution < -0.4 is 5.32 Å². The maximum absolute atomic E-state index is 12.2. The molecule has 0 radical (unpaired) electrons. The average Bonchev–Trinajstić information content (AvgIpc) is 3.07. The lowest BCUT2D eigenvalue weighted by atomic mass is 10.2. The number of ether oxygens (including phenoxy) is 1. The number of methoxy groups -OCH3 is 1. The summed E-state index contributed by atoms with van der Waals surface area (Å²) in [5.41, 5.74) is 0.388. The van der Waals surface area contributed by atoms with E-state index < -0.39 is 9.84 Å². The summed E-state index contributed by atoms with van der Waals surface area (Å²) in [4.78, 5) is 12.3. The summed E-state index contributed by atoms with van der Waals surface area (Å²) >= 11 is 1.46. The fourth-order valence-corrected chi connectivity index (χ4v) is 3.91. The summed E-state index contributed by atoms with van der Waals surface area (Å²) in [5.74, 6) is -0.0822. The molecule has 136 valence electrons. The Morgan fingerprint density at radius 3 is 2.48 bits per heavy atom. The van der Waals surface area contributed by atoms with Gasteiger partial charge in [0.05, 0.1) is 23.8 Å². The van der Waals surface area contributed by atoms with Gasteiger partial charge in [0.1, 0.15) is 10.0 Å². The Bertz CT molecular complexity index is 814. The van der Waals surface area contributed by atoms with Crippen LogP contribution in [0.4, 0.5) is 0 Å². The van der Waals surface area contributed by atoms with Crippen molar-refractivity contribution < 1.29 is 17.9 Å². The number of sulfone groups is 1. The predicted octanol–water partition coefficient (Wildman–Crippen LogP) is 2.01. The molecule has 1 N–H and O–H groups in total. The van der Waals surface area contributed by atoms with E-state index in [1.807, 2.05) is 13.8 Å². The predicted molar refractivity (Wildman–Crippen MR) is 95.5 cm³/mol. The van der Waals surface area contributed by atoms with Gasteiger partial charge in [0.25, 0.3) is 5.91 Å². The average molecular weight is 383 g/mol. The van der Waals surface area contributed by atoms with Crippen molar-refractivity contribution in [2.24, 2.45) is 0 Å².